The summed E-state index contributed by atoms with van der Waals surface area (Å²) in [4.78, 5) is 0. The molecule has 0 aliphatic carbocycles. The molecule has 0 radical (unpaired) electrons. The summed E-state index contributed by atoms with van der Waals surface area (Å²) in [7, 11) is -1.09. The Balaban J connectivity index is 2.65. The van der Waals surface area contributed by atoms with Crippen molar-refractivity contribution in [2.24, 2.45) is 5.41 Å². The first-order valence-electron chi connectivity index (χ1n) is 6.25. The highest BCUT2D eigenvalue weighted by Gasteiger charge is 2.44. The van der Waals surface area contributed by atoms with Gasteiger partial charge in [0.05, 0.1) is 19.3 Å². The third-order valence-electron chi connectivity index (χ3n) is 2.82. The van der Waals surface area contributed by atoms with Gasteiger partial charge >= 0.3 is 0 Å². The molecule has 3 unspecified atom stereocenters. The van der Waals surface area contributed by atoms with Crippen molar-refractivity contribution in [1.29, 1.82) is 0 Å². The van der Waals surface area contributed by atoms with Crippen molar-refractivity contribution in [3.8, 4) is 0 Å². The van der Waals surface area contributed by atoms with Gasteiger partial charge in [-0.05, 0) is 25.4 Å². The molecule has 0 amide bonds. The summed E-state index contributed by atoms with van der Waals surface area (Å²) < 4.78 is 17.2. The maximum Gasteiger partial charge on any atom is 0.188 e. The minimum Gasteiger partial charge on any atom is -0.415 e. The second-order valence-corrected chi connectivity index (χ2v) is 8.71. The molecule has 3 atom stereocenters. The average molecular weight is 262 g/mol. The fourth-order valence-corrected chi connectivity index (χ4v) is 2.51. The molecule has 1 rings (SSSR count). The van der Waals surface area contributed by atoms with Crippen molar-refractivity contribution < 1.29 is 19.0 Å². The topological polar surface area (TPSA) is 47.9 Å². The second-order valence-electron chi connectivity index (χ2n) is 6.28. The van der Waals surface area contributed by atoms with Crippen molar-refractivity contribution in [3.63, 3.8) is 0 Å². The van der Waals surface area contributed by atoms with Crippen LogP contribution >= 0.6 is 0 Å². The molecule has 17 heavy (non-hydrogen) atoms. The van der Waals surface area contributed by atoms with Crippen LogP contribution in [-0.4, -0.2) is 45.4 Å². The SMILES string of the molecule is C[SiH](C)OCC1(C)OCC(O)C(C(C)(C)C)O1. The van der Waals surface area contributed by atoms with Crippen molar-refractivity contribution in [2.75, 3.05) is 13.2 Å². The Morgan fingerprint density at radius 2 is 2.00 bits per heavy atom. The summed E-state index contributed by atoms with van der Waals surface area (Å²) in [5, 5.41) is 9.93. The molecule has 0 spiro atoms. The highest BCUT2D eigenvalue weighted by Crippen LogP contribution is 2.33. The van der Waals surface area contributed by atoms with Crippen LogP contribution < -0.4 is 0 Å². The molecule has 1 aliphatic rings. The van der Waals surface area contributed by atoms with Crippen molar-refractivity contribution in [3.05, 3.63) is 0 Å². The van der Waals surface area contributed by atoms with E-state index in [4.69, 9.17) is 13.9 Å². The van der Waals surface area contributed by atoms with E-state index >= 15 is 0 Å². The Labute approximate surface area is 106 Å². The quantitative estimate of drug-likeness (QED) is 0.784. The van der Waals surface area contributed by atoms with Crippen molar-refractivity contribution in [2.45, 2.75) is 58.8 Å². The van der Waals surface area contributed by atoms with Crippen LogP contribution in [0.2, 0.25) is 13.1 Å². The Morgan fingerprint density at radius 3 is 2.47 bits per heavy atom. The molecule has 1 fully saturated rings. The predicted octanol–water partition coefficient (Wildman–Crippen LogP) is 1.52. The summed E-state index contributed by atoms with van der Waals surface area (Å²) in [5.41, 5.74) is -0.111. The summed E-state index contributed by atoms with van der Waals surface area (Å²) in [6.07, 6.45) is -0.793. The minimum absolute atomic E-state index is 0.111. The first-order chi connectivity index (χ1) is 7.64. The van der Waals surface area contributed by atoms with E-state index in [2.05, 4.69) is 33.9 Å². The third-order valence-corrected chi connectivity index (χ3v) is 3.65. The number of hydrogen-bond donors (Lipinski definition) is 1. The maximum atomic E-state index is 9.93. The van der Waals surface area contributed by atoms with Crippen LogP contribution in [0.15, 0.2) is 0 Å². The van der Waals surface area contributed by atoms with Crippen LogP contribution in [0.1, 0.15) is 27.7 Å². The molecule has 0 aromatic carbocycles. The largest absolute Gasteiger partial charge is 0.415 e. The zero-order chi connectivity index (χ0) is 13.3. The average Bonchev–Trinajstić information content (AvgIpc) is 2.18. The summed E-state index contributed by atoms with van der Waals surface area (Å²) in [5.74, 6) is -0.728. The molecular formula is C12H26O4Si. The van der Waals surface area contributed by atoms with E-state index in [1.165, 1.54) is 0 Å². The third kappa shape index (κ3) is 4.33. The second kappa shape index (κ2) is 5.36. The van der Waals surface area contributed by atoms with E-state index in [0.29, 0.717) is 13.2 Å². The van der Waals surface area contributed by atoms with Crippen LogP contribution in [0.3, 0.4) is 0 Å². The lowest BCUT2D eigenvalue weighted by molar-refractivity contribution is -0.336. The number of rotatable bonds is 3. The molecule has 0 bridgehead atoms. The van der Waals surface area contributed by atoms with Gasteiger partial charge in [-0.2, -0.15) is 0 Å². The standard InChI is InChI=1S/C12H26O4Si/c1-11(2,3)10-9(13)7-14-12(4,16-10)8-15-17(5)6/h9-10,13,17H,7-8H2,1-6H3. The number of aliphatic hydroxyl groups is 1. The maximum absolute atomic E-state index is 9.93. The first kappa shape index (κ1) is 15.1. The Bertz CT molecular complexity index is 251. The Kier molecular flexibility index (Phi) is 4.77. The molecule has 102 valence electrons. The number of hydrogen-bond acceptors (Lipinski definition) is 4. The van der Waals surface area contributed by atoms with Gasteiger partial charge in [-0.15, -0.1) is 0 Å². The highest BCUT2D eigenvalue weighted by atomic mass is 28.3. The molecule has 1 aliphatic heterocycles. The van der Waals surface area contributed by atoms with Crippen LogP contribution in [0.25, 0.3) is 0 Å². The molecule has 1 heterocycles. The lowest BCUT2D eigenvalue weighted by atomic mass is 9.85. The van der Waals surface area contributed by atoms with Gasteiger partial charge in [0.15, 0.2) is 14.8 Å². The van der Waals surface area contributed by atoms with E-state index in [-0.39, 0.29) is 11.5 Å². The van der Waals surface area contributed by atoms with Crippen molar-refractivity contribution >= 4 is 9.04 Å². The Morgan fingerprint density at radius 1 is 1.41 bits per heavy atom. The van der Waals surface area contributed by atoms with Crippen molar-refractivity contribution in [1.82, 2.24) is 0 Å². The van der Waals surface area contributed by atoms with Crippen LogP contribution in [0.5, 0.6) is 0 Å². The van der Waals surface area contributed by atoms with Gasteiger partial charge in [0, 0.05) is 0 Å². The molecule has 1 N–H and O–H groups in total. The van der Waals surface area contributed by atoms with Crippen LogP contribution in [-0.2, 0) is 13.9 Å². The van der Waals surface area contributed by atoms with E-state index < -0.39 is 20.9 Å². The summed E-state index contributed by atoms with van der Waals surface area (Å²) >= 11 is 0. The molecule has 4 nitrogen and oxygen atoms in total. The fourth-order valence-electron chi connectivity index (χ4n) is 1.88. The van der Waals surface area contributed by atoms with Gasteiger partial charge in [-0.25, -0.2) is 0 Å². The molecule has 0 aromatic rings. The van der Waals surface area contributed by atoms with E-state index in [1.54, 1.807) is 0 Å². The van der Waals surface area contributed by atoms with Gasteiger partial charge in [-0.3, -0.25) is 0 Å². The summed E-state index contributed by atoms with van der Waals surface area (Å²) in [6, 6.07) is 0. The number of ether oxygens (including phenoxy) is 2. The zero-order valence-corrected chi connectivity index (χ0v) is 13.0. The fraction of sp³-hybridized carbons (Fsp3) is 1.00. The molecule has 1 saturated heterocycles. The molecule has 5 heteroatoms. The normalized spacial score (nSPS) is 35.3. The molecule has 0 aromatic heterocycles. The van der Waals surface area contributed by atoms with Gasteiger partial charge in [0.25, 0.3) is 0 Å². The summed E-state index contributed by atoms with van der Waals surface area (Å²) in [6.45, 7) is 13.0. The van der Waals surface area contributed by atoms with Gasteiger partial charge in [0.2, 0.25) is 0 Å². The lowest BCUT2D eigenvalue weighted by Gasteiger charge is -2.46. The highest BCUT2D eigenvalue weighted by molar-refractivity contribution is 6.48. The van der Waals surface area contributed by atoms with E-state index in [1.807, 2.05) is 6.92 Å². The lowest BCUT2D eigenvalue weighted by Crippen LogP contribution is -2.56. The van der Waals surface area contributed by atoms with E-state index in [0.717, 1.165) is 0 Å². The van der Waals surface area contributed by atoms with Gasteiger partial charge in [-0.1, -0.05) is 20.8 Å². The Hall–Kier alpha value is 0.0569. The first-order valence-corrected chi connectivity index (χ1v) is 9.03. The van der Waals surface area contributed by atoms with Crippen LogP contribution in [0, 0.1) is 5.41 Å². The predicted molar refractivity (Wildman–Crippen MR) is 69.5 cm³/mol. The van der Waals surface area contributed by atoms with Crippen LogP contribution in [0.4, 0.5) is 0 Å². The van der Waals surface area contributed by atoms with Gasteiger partial charge in [0.1, 0.15) is 6.10 Å². The van der Waals surface area contributed by atoms with E-state index in [9.17, 15) is 5.11 Å². The molecule has 0 saturated carbocycles. The zero-order valence-electron chi connectivity index (χ0n) is 11.8. The monoisotopic (exact) mass is 262 g/mol. The number of aliphatic hydroxyl groups excluding tert-OH is 1. The molecular weight excluding hydrogens is 236 g/mol. The minimum atomic E-state index is -1.09. The van der Waals surface area contributed by atoms with Gasteiger partial charge < -0.3 is 19.0 Å². The smallest absolute Gasteiger partial charge is 0.188 e.